The number of ether oxygens (including phenoxy) is 1. The molecule has 2 fully saturated rings. The molecule has 1 N–H and O–H groups in total. The standard InChI is InChI=1S/C21H26N4O3/c1-24-11-10-22-20(24)17-13-25(14-18(17)23-21(27)15-7-8-15)19(26)9-12-28-16-5-3-2-4-6-16/h2-6,10-11,15,17-18H,7-9,12-14H2,1H3,(H,23,27)/t17-,18-/m1/s1. The van der Waals surface area contributed by atoms with Crippen LogP contribution >= 0.6 is 0 Å². The average molecular weight is 382 g/mol. The van der Waals surface area contributed by atoms with Crippen LogP contribution in [0.3, 0.4) is 0 Å². The molecule has 4 rings (SSSR count). The summed E-state index contributed by atoms with van der Waals surface area (Å²) >= 11 is 0. The van der Waals surface area contributed by atoms with Crippen LogP contribution in [0.1, 0.15) is 31.0 Å². The first-order valence-electron chi connectivity index (χ1n) is 9.85. The van der Waals surface area contributed by atoms with Gasteiger partial charge in [-0.3, -0.25) is 9.59 Å². The minimum Gasteiger partial charge on any atom is -0.493 e. The summed E-state index contributed by atoms with van der Waals surface area (Å²) in [5.74, 6) is 1.95. The van der Waals surface area contributed by atoms with Crippen LogP contribution in [-0.4, -0.2) is 52.0 Å². The fourth-order valence-electron chi connectivity index (χ4n) is 3.73. The Hall–Kier alpha value is -2.83. The third-order valence-electron chi connectivity index (χ3n) is 5.47. The maximum atomic E-state index is 12.7. The van der Waals surface area contributed by atoms with Crippen molar-refractivity contribution in [1.29, 1.82) is 0 Å². The van der Waals surface area contributed by atoms with Crippen LogP contribution in [0.4, 0.5) is 0 Å². The zero-order valence-electron chi connectivity index (χ0n) is 16.1. The normalized spacial score (nSPS) is 21.5. The van der Waals surface area contributed by atoms with Gasteiger partial charge in [-0.05, 0) is 25.0 Å². The van der Waals surface area contributed by atoms with Crippen LogP contribution in [0.2, 0.25) is 0 Å². The average Bonchev–Trinajstić information content (AvgIpc) is 3.35. The fraction of sp³-hybridized carbons (Fsp3) is 0.476. The molecule has 2 aromatic rings. The van der Waals surface area contributed by atoms with E-state index in [-0.39, 0.29) is 29.7 Å². The van der Waals surface area contributed by atoms with E-state index in [0.717, 1.165) is 24.4 Å². The number of para-hydroxylation sites is 1. The molecule has 1 saturated carbocycles. The van der Waals surface area contributed by atoms with Gasteiger partial charge in [0.25, 0.3) is 0 Å². The first kappa shape index (κ1) is 18.5. The Balaban J connectivity index is 1.37. The second-order valence-corrected chi connectivity index (χ2v) is 7.60. The van der Waals surface area contributed by atoms with Gasteiger partial charge in [-0.15, -0.1) is 0 Å². The Morgan fingerprint density at radius 1 is 1.21 bits per heavy atom. The molecule has 7 heteroatoms. The summed E-state index contributed by atoms with van der Waals surface area (Å²) in [6, 6.07) is 9.38. The van der Waals surface area contributed by atoms with Crippen molar-refractivity contribution in [2.45, 2.75) is 31.2 Å². The molecule has 1 aliphatic heterocycles. The van der Waals surface area contributed by atoms with Gasteiger partial charge in [-0.1, -0.05) is 18.2 Å². The molecule has 2 amide bonds. The largest absolute Gasteiger partial charge is 0.493 e. The van der Waals surface area contributed by atoms with Crippen LogP contribution in [0.25, 0.3) is 0 Å². The van der Waals surface area contributed by atoms with Crippen LogP contribution in [0.5, 0.6) is 5.75 Å². The summed E-state index contributed by atoms with van der Waals surface area (Å²) in [6.07, 6.45) is 5.89. The van der Waals surface area contributed by atoms with Crippen molar-refractivity contribution in [3.05, 3.63) is 48.5 Å². The van der Waals surface area contributed by atoms with E-state index in [0.29, 0.717) is 26.1 Å². The van der Waals surface area contributed by atoms with Crippen LogP contribution in [0.15, 0.2) is 42.7 Å². The van der Waals surface area contributed by atoms with Gasteiger partial charge in [-0.25, -0.2) is 4.98 Å². The summed E-state index contributed by atoms with van der Waals surface area (Å²) in [5.41, 5.74) is 0. The van der Waals surface area contributed by atoms with Crippen molar-refractivity contribution in [2.24, 2.45) is 13.0 Å². The molecule has 7 nitrogen and oxygen atoms in total. The number of amides is 2. The Morgan fingerprint density at radius 2 is 2.00 bits per heavy atom. The van der Waals surface area contributed by atoms with Crippen LogP contribution in [-0.2, 0) is 16.6 Å². The van der Waals surface area contributed by atoms with Crippen molar-refractivity contribution < 1.29 is 14.3 Å². The summed E-state index contributed by atoms with van der Waals surface area (Å²) in [7, 11) is 1.94. The zero-order valence-corrected chi connectivity index (χ0v) is 16.1. The number of nitrogens with one attached hydrogen (secondary N) is 1. The van der Waals surface area contributed by atoms with E-state index >= 15 is 0 Å². The van der Waals surface area contributed by atoms with Crippen molar-refractivity contribution in [1.82, 2.24) is 19.8 Å². The maximum absolute atomic E-state index is 12.7. The molecular weight excluding hydrogens is 356 g/mol. The van der Waals surface area contributed by atoms with Gasteiger partial charge in [0.15, 0.2) is 0 Å². The zero-order chi connectivity index (χ0) is 19.5. The van der Waals surface area contributed by atoms with Crippen LogP contribution in [0, 0.1) is 5.92 Å². The molecule has 0 unspecified atom stereocenters. The number of rotatable bonds is 7. The van der Waals surface area contributed by atoms with Gasteiger partial charge in [0.2, 0.25) is 11.8 Å². The summed E-state index contributed by atoms with van der Waals surface area (Å²) in [6.45, 7) is 1.41. The molecule has 0 bridgehead atoms. The predicted molar refractivity (Wildman–Crippen MR) is 104 cm³/mol. The molecule has 148 valence electrons. The number of benzene rings is 1. The van der Waals surface area contributed by atoms with Crippen molar-refractivity contribution in [3.8, 4) is 5.75 Å². The quantitative estimate of drug-likeness (QED) is 0.791. The van der Waals surface area contributed by atoms with Gasteiger partial charge in [-0.2, -0.15) is 0 Å². The van der Waals surface area contributed by atoms with Crippen molar-refractivity contribution in [3.63, 3.8) is 0 Å². The molecule has 2 aliphatic rings. The number of carbonyl (C=O) groups excluding carboxylic acids is 2. The molecule has 1 aromatic heterocycles. The molecule has 2 atom stereocenters. The van der Waals surface area contributed by atoms with Crippen molar-refractivity contribution >= 4 is 11.8 Å². The minimum absolute atomic E-state index is 0.00157. The van der Waals surface area contributed by atoms with Gasteiger partial charge in [0, 0.05) is 38.4 Å². The Bertz CT molecular complexity index is 831. The summed E-state index contributed by atoms with van der Waals surface area (Å²) < 4.78 is 7.62. The summed E-state index contributed by atoms with van der Waals surface area (Å²) in [4.78, 5) is 31.3. The van der Waals surface area contributed by atoms with E-state index in [4.69, 9.17) is 4.74 Å². The lowest BCUT2D eigenvalue weighted by molar-refractivity contribution is -0.131. The number of likely N-dealkylation sites (tertiary alicyclic amines) is 1. The highest BCUT2D eigenvalue weighted by Gasteiger charge is 2.41. The number of aromatic nitrogens is 2. The lowest BCUT2D eigenvalue weighted by Gasteiger charge is -2.19. The second-order valence-electron chi connectivity index (χ2n) is 7.60. The van der Waals surface area contributed by atoms with E-state index < -0.39 is 0 Å². The third kappa shape index (κ3) is 4.18. The van der Waals surface area contributed by atoms with E-state index in [1.807, 2.05) is 53.0 Å². The molecular formula is C21H26N4O3. The SMILES string of the molecule is Cn1ccnc1[C@@H]1CN(C(=O)CCOc2ccccc2)C[C@H]1NC(=O)C1CC1. The minimum atomic E-state index is -0.104. The number of hydrogen-bond donors (Lipinski definition) is 1. The number of hydrogen-bond acceptors (Lipinski definition) is 4. The molecule has 0 radical (unpaired) electrons. The van der Waals surface area contributed by atoms with Gasteiger partial charge >= 0.3 is 0 Å². The van der Waals surface area contributed by atoms with Crippen molar-refractivity contribution in [2.75, 3.05) is 19.7 Å². The highest BCUT2D eigenvalue weighted by molar-refractivity contribution is 5.82. The van der Waals surface area contributed by atoms with Gasteiger partial charge < -0.3 is 19.5 Å². The van der Waals surface area contributed by atoms with E-state index in [2.05, 4.69) is 10.3 Å². The van der Waals surface area contributed by atoms with Gasteiger partial charge in [0.05, 0.1) is 25.0 Å². The van der Waals surface area contributed by atoms with Crippen LogP contribution < -0.4 is 10.1 Å². The Morgan fingerprint density at radius 3 is 2.68 bits per heavy atom. The van der Waals surface area contributed by atoms with E-state index in [9.17, 15) is 9.59 Å². The van der Waals surface area contributed by atoms with Gasteiger partial charge in [0.1, 0.15) is 11.6 Å². The smallest absolute Gasteiger partial charge is 0.226 e. The van der Waals surface area contributed by atoms with E-state index in [1.54, 1.807) is 6.20 Å². The van der Waals surface area contributed by atoms with E-state index in [1.165, 1.54) is 0 Å². The first-order chi connectivity index (χ1) is 13.6. The maximum Gasteiger partial charge on any atom is 0.226 e. The first-order valence-corrected chi connectivity index (χ1v) is 9.85. The molecule has 1 saturated heterocycles. The highest BCUT2D eigenvalue weighted by Crippen LogP contribution is 2.31. The number of carbonyl (C=O) groups is 2. The molecule has 1 aromatic carbocycles. The molecule has 0 spiro atoms. The highest BCUT2D eigenvalue weighted by atomic mass is 16.5. The Kier molecular flexibility index (Phi) is 5.32. The molecule has 28 heavy (non-hydrogen) atoms. The topological polar surface area (TPSA) is 76.5 Å². The number of aryl methyl sites for hydroxylation is 1. The molecule has 1 aliphatic carbocycles. The Labute approximate surface area is 164 Å². The lowest BCUT2D eigenvalue weighted by Crippen LogP contribution is -2.41. The predicted octanol–water partition coefficient (Wildman–Crippen LogP) is 1.71. The third-order valence-corrected chi connectivity index (χ3v) is 5.47. The molecule has 2 heterocycles. The monoisotopic (exact) mass is 382 g/mol. The fourth-order valence-corrected chi connectivity index (χ4v) is 3.73. The number of nitrogens with zero attached hydrogens (tertiary/aromatic N) is 3. The summed E-state index contributed by atoms with van der Waals surface area (Å²) in [5, 5.41) is 3.16. The lowest BCUT2D eigenvalue weighted by atomic mass is 10.0. The second kappa shape index (κ2) is 8.04. The number of imidazole rings is 1.